The van der Waals surface area contributed by atoms with Gasteiger partial charge in [-0.05, 0) is 32.9 Å². The van der Waals surface area contributed by atoms with Gasteiger partial charge in [-0.3, -0.25) is 4.90 Å². The van der Waals surface area contributed by atoms with E-state index in [0.717, 1.165) is 17.1 Å². The molecule has 6 heteroatoms. The number of aromatic nitrogens is 2. The van der Waals surface area contributed by atoms with Gasteiger partial charge < -0.3 is 4.74 Å². The fourth-order valence-corrected chi connectivity index (χ4v) is 2.58. The van der Waals surface area contributed by atoms with Crippen LogP contribution in [0.15, 0.2) is 30.3 Å². The minimum Gasteiger partial charge on any atom is -0.443 e. The van der Waals surface area contributed by atoms with Crippen molar-refractivity contribution in [1.82, 2.24) is 9.78 Å². The normalized spacial score (nSPS) is 14.1. The first-order valence-corrected chi connectivity index (χ1v) is 7.55. The zero-order chi connectivity index (χ0) is 15.9. The minimum absolute atomic E-state index is 0.344. The summed E-state index contributed by atoms with van der Waals surface area (Å²) in [7, 11) is 0. The van der Waals surface area contributed by atoms with Crippen molar-refractivity contribution in [3.8, 4) is 11.3 Å². The smallest absolute Gasteiger partial charge is 0.416 e. The van der Waals surface area contributed by atoms with Gasteiger partial charge in [0.2, 0.25) is 0 Å². The highest BCUT2D eigenvalue weighted by Gasteiger charge is 2.30. The van der Waals surface area contributed by atoms with Gasteiger partial charge in [-0.25, -0.2) is 9.48 Å². The van der Waals surface area contributed by atoms with E-state index in [1.54, 1.807) is 4.90 Å². The van der Waals surface area contributed by atoms with Gasteiger partial charge in [0.05, 0.1) is 18.8 Å². The second kappa shape index (κ2) is 5.32. The Balaban J connectivity index is 1.87. The first kappa shape index (κ1) is 14.9. The number of benzene rings is 1. The number of carbonyl (C=O) groups excluding carboxylic acids is 1. The van der Waals surface area contributed by atoms with Crippen molar-refractivity contribution in [3.05, 3.63) is 35.4 Å². The summed E-state index contributed by atoms with van der Waals surface area (Å²) in [6, 6.07) is 9.40. The lowest BCUT2D eigenvalue weighted by Crippen LogP contribution is -2.35. The average molecular weight is 320 g/mol. The van der Waals surface area contributed by atoms with E-state index in [1.807, 2.05) is 55.8 Å². The van der Waals surface area contributed by atoms with Crippen LogP contribution in [0.3, 0.4) is 0 Å². The largest absolute Gasteiger partial charge is 0.443 e. The predicted molar refractivity (Wildman–Crippen MR) is 86.3 cm³/mol. The first-order valence-electron chi connectivity index (χ1n) is 7.18. The Bertz CT molecular complexity index is 718. The number of anilines is 1. The molecule has 2 aromatic rings. The number of halogens is 1. The molecular formula is C16H18ClN3O2. The summed E-state index contributed by atoms with van der Waals surface area (Å²) in [5.41, 5.74) is 1.21. The lowest BCUT2D eigenvalue weighted by atomic mass is 10.1. The summed E-state index contributed by atoms with van der Waals surface area (Å²) in [6.45, 7) is 6.81. The van der Waals surface area contributed by atoms with Crippen LogP contribution < -0.4 is 4.90 Å². The van der Waals surface area contributed by atoms with Gasteiger partial charge in [-0.15, -0.1) is 0 Å². The Hall–Kier alpha value is -2.01. The number of carbonyl (C=O) groups is 1. The van der Waals surface area contributed by atoms with Crippen LogP contribution >= 0.6 is 11.6 Å². The second-order valence-corrected chi connectivity index (χ2v) is 6.69. The van der Waals surface area contributed by atoms with E-state index >= 15 is 0 Å². The minimum atomic E-state index is -0.514. The third kappa shape index (κ3) is 2.95. The number of hydrogen-bond donors (Lipinski definition) is 0. The van der Waals surface area contributed by atoms with Gasteiger partial charge in [0.15, 0.2) is 0 Å². The van der Waals surface area contributed by atoms with Crippen LogP contribution in [0.5, 0.6) is 0 Å². The Labute approximate surface area is 134 Å². The summed E-state index contributed by atoms with van der Waals surface area (Å²) in [5, 5.41) is 5.20. The van der Waals surface area contributed by atoms with E-state index in [4.69, 9.17) is 16.3 Å². The van der Waals surface area contributed by atoms with Crippen molar-refractivity contribution in [2.45, 2.75) is 32.9 Å². The molecule has 1 amide bonds. The van der Waals surface area contributed by atoms with Gasteiger partial charge in [-0.1, -0.05) is 23.7 Å². The maximum absolute atomic E-state index is 12.3. The summed E-state index contributed by atoms with van der Waals surface area (Å²) < 4.78 is 7.26. The van der Waals surface area contributed by atoms with Crippen LogP contribution in [0.2, 0.25) is 5.02 Å². The van der Waals surface area contributed by atoms with E-state index in [1.165, 1.54) is 0 Å². The van der Waals surface area contributed by atoms with E-state index in [0.29, 0.717) is 18.1 Å². The summed E-state index contributed by atoms with van der Waals surface area (Å²) in [5.74, 6) is 0.754. The number of amides is 1. The molecule has 1 aromatic heterocycles. The van der Waals surface area contributed by atoms with E-state index in [9.17, 15) is 4.79 Å². The quantitative estimate of drug-likeness (QED) is 0.799. The SMILES string of the molecule is CC(C)(C)OC(=O)N1CCn2nc(-c3cccc(Cl)c3)cc21. The molecular weight excluding hydrogens is 302 g/mol. The van der Waals surface area contributed by atoms with E-state index < -0.39 is 5.60 Å². The van der Waals surface area contributed by atoms with E-state index in [-0.39, 0.29) is 6.09 Å². The Morgan fingerprint density at radius 1 is 1.27 bits per heavy atom. The van der Waals surface area contributed by atoms with Crippen LogP contribution in [-0.2, 0) is 11.3 Å². The molecule has 22 heavy (non-hydrogen) atoms. The molecule has 0 aliphatic carbocycles. The molecule has 1 aliphatic rings. The molecule has 116 valence electrons. The molecule has 3 rings (SSSR count). The molecule has 0 saturated heterocycles. The number of rotatable bonds is 1. The van der Waals surface area contributed by atoms with Crippen LogP contribution in [0.1, 0.15) is 20.8 Å². The van der Waals surface area contributed by atoms with Crippen molar-refractivity contribution in [2.75, 3.05) is 11.4 Å². The zero-order valence-corrected chi connectivity index (χ0v) is 13.6. The molecule has 0 unspecified atom stereocenters. The lowest BCUT2D eigenvalue weighted by molar-refractivity contribution is 0.0584. The van der Waals surface area contributed by atoms with Gasteiger partial charge >= 0.3 is 6.09 Å². The molecule has 2 heterocycles. The van der Waals surface area contributed by atoms with Crippen molar-refractivity contribution in [3.63, 3.8) is 0 Å². The lowest BCUT2D eigenvalue weighted by Gasteiger charge is -2.23. The monoisotopic (exact) mass is 319 g/mol. The zero-order valence-electron chi connectivity index (χ0n) is 12.8. The van der Waals surface area contributed by atoms with Crippen LogP contribution in [0, 0.1) is 0 Å². The molecule has 0 bridgehead atoms. The highest BCUT2D eigenvalue weighted by molar-refractivity contribution is 6.30. The maximum Gasteiger partial charge on any atom is 0.416 e. The molecule has 0 spiro atoms. The molecule has 0 fully saturated rings. The molecule has 0 atom stereocenters. The van der Waals surface area contributed by atoms with Gasteiger partial charge in [0, 0.05) is 16.7 Å². The summed E-state index contributed by atoms with van der Waals surface area (Å²) in [4.78, 5) is 13.9. The topological polar surface area (TPSA) is 47.4 Å². The second-order valence-electron chi connectivity index (χ2n) is 6.25. The fourth-order valence-electron chi connectivity index (χ4n) is 2.39. The van der Waals surface area contributed by atoms with E-state index in [2.05, 4.69) is 5.10 Å². The third-order valence-electron chi connectivity index (χ3n) is 3.30. The molecule has 0 saturated carbocycles. The molecule has 5 nitrogen and oxygen atoms in total. The Morgan fingerprint density at radius 2 is 2.05 bits per heavy atom. The molecule has 1 aliphatic heterocycles. The predicted octanol–water partition coefficient (Wildman–Crippen LogP) is 3.96. The van der Waals surface area contributed by atoms with Crippen molar-refractivity contribution in [1.29, 1.82) is 0 Å². The first-order chi connectivity index (χ1) is 10.3. The van der Waals surface area contributed by atoms with Crippen LogP contribution in [0.25, 0.3) is 11.3 Å². The van der Waals surface area contributed by atoms with Gasteiger partial charge in [0.25, 0.3) is 0 Å². The van der Waals surface area contributed by atoms with Gasteiger partial charge in [-0.2, -0.15) is 5.10 Å². The molecule has 0 N–H and O–H groups in total. The summed E-state index contributed by atoms with van der Waals surface area (Å²) >= 11 is 6.02. The van der Waals surface area contributed by atoms with Crippen LogP contribution in [0.4, 0.5) is 10.6 Å². The number of fused-ring (bicyclic) bond motifs is 1. The van der Waals surface area contributed by atoms with Crippen molar-refractivity contribution < 1.29 is 9.53 Å². The highest BCUT2D eigenvalue weighted by Crippen LogP contribution is 2.30. The Morgan fingerprint density at radius 3 is 2.73 bits per heavy atom. The molecule has 1 aromatic carbocycles. The van der Waals surface area contributed by atoms with Gasteiger partial charge in [0.1, 0.15) is 11.4 Å². The molecule has 0 radical (unpaired) electrons. The standard InChI is InChI=1S/C16H18ClN3O2/c1-16(2,3)22-15(21)19-7-8-20-14(19)10-13(18-20)11-5-4-6-12(17)9-11/h4-6,9-10H,7-8H2,1-3H3. The van der Waals surface area contributed by atoms with Crippen molar-refractivity contribution >= 4 is 23.5 Å². The van der Waals surface area contributed by atoms with Crippen LogP contribution in [-0.4, -0.2) is 28.0 Å². The average Bonchev–Trinajstić information content (AvgIpc) is 2.95. The summed E-state index contributed by atoms with van der Waals surface area (Å²) in [6.07, 6.45) is -0.344. The Kier molecular flexibility index (Phi) is 3.60. The number of ether oxygens (including phenoxy) is 1. The number of nitrogens with zero attached hydrogens (tertiary/aromatic N) is 3. The third-order valence-corrected chi connectivity index (χ3v) is 3.54. The highest BCUT2D eigenvalue weighted by atomic mass is 35.5. The fraction of sp³-hybridized carbons (Fsp3) is 0.375. The number of hydrogen-bond acceptors (Lipinski definition) is 3. The maximum atomic E-state index is 12.3. The van der Waals surface area contributed by atoms with Crippen molar-refractivity contribution in [2.24, 2.45) is 0 Å².